The molecule has 8 heavy (non-hydrogen) atoms. The fraction of sp³-hybridized carbons (Fsp3) is 0. The molecule has 0 unspecified atom stereocenters. The number of halogens is 1. The summed E-state index contributed by atoms with van der Waals surface area (Å²) in [4.78, 5) is 33.1. The maximum Gasteiger partial charge on any atom is 2.00 e. The largest absolute Gasteiger partial charge is 2.00 e. The summed E-state index contributed by atoms with van der Waals surface area (Å²) in [5.74, 6) is 0. The van der Waals surface area contributed by atoms with E-state index in [1.165, 1.54) is 0 Å². The van der Waals surface area contributed by atoms with Gasteiger partial charge in [-0.2, -0.15) is 0 Å². The first kappa shape index (κ1) is 22.4. The van der Waals surface area contributed by atoms with Crippen molar-refractivity contribution < 1.29 is 31.6 Å². The molecule has 4 nitrogen and oxygen atoms in total. The Balaban J connectivity index is -0.0000000267. The third-order valence-electron chi connectivity index (χ3n) is 0. The monoisotopic (exact) mass is 192 g/mol. The van der Waals surface area contributed by atoms with Gasteiger partial charge in [0.25, 0.3) is 0 Å². The molecular formula is HCaClMgO4Si. The molecule has 0 aromatic carbocycles. The molecular weight excluding hydrogens is 192 g/mol. The molecule has 0 aliphatic rings. The maximum absolute atomic E-state index is 8.69. The zero-order valence-electron chi connectivity index (χ0n) is 3.96. The summed E-state index contributed by atoms with van der Waals surface area (Å²) in [7, 11) is -5.36. The molecule has 0 radical (unpaired) electrons. The van der Waals surface area contributed by atoms with Gasteiger partial charge in [-0.3, -0.25) is 0 Å². The summed E-state index contributed by atoms with van der Waals surface area (Å²) in [6, 6.07) is 0. The summed E-state index contributed by atoms with van der Waals surface area (Å²) < 4.78 is 0. The van der Waals surface area contributed by atoms with Crippen LogP contribution in [0, 0.1) is 0 Å². The van der Waals surface area contributed by atoms with E-state index < -0.39 is 9.05 Å². The summed E-state index contributed by atoms with van der Waals surface area (Å²) in [5.41, 5.74) is 0. The van der Waals surface area contributed by atoms with Gasteiger partial charge in [0.15, 0.2) is 0 Å². The van der Waals surface area contributed by atoms with E-state index in [2.05, 4.69) is 0 Å². The van der Waals surface area contributed by atoms with Crippen LogP contribution in [0.2, 0.25) is 0 Å². The zero-order chi connectivity index (χ0) is 4.50. The molecule has 0 aliphatic carbocycles. The van der Waals surface area contributed by atoms with Gasteiger partial charge in [-0.1, -0.05) is 0 Å². The fourth-order valence-electron chi connectivity index (χ4n) is 0. The normalized spacial score (nSPS) is 7.50. The Hall–Kier alpha value is 2.37. The molecule has 40 valence electrons. The molecule has 0 bridgehead atoms. The van der Waals surface area contributed by atoms with Crippen molar-refractivity contribution in [1.29, 1.82) is 0 Å². The van der Waals surface area contributed by atoms with Gasteiger partial charge < -0.3 is 31.6 Å². The van der Waals surface area contributed by atoms with Crippen LogP contribution in [0.15, 0.2) is 0 Å². The van der Waals surface area contributed by atoms with Crippen LogP contribution >= 0.6 is 0 Å². The average molecular weight is 193 g/mol. The van der Waals surface area contributed by atoms with Crippen molar-refractivity contribution in [3.05, 3.63) is 0 Å². The third-order valence-corrected chi connectivity index (χ3v) is 0. The molecule has 1 N–H and O–H groups in total. The second kappa shape index (κ2) is 9.37. The Labute approximate surface area is 100.0 Å². The van der Waals surface area contributed by atoms with E-state index >= 15 is 0 Å². The fourth-order valence-corrected chi connectivity index (χ4v) is 0. The van der Waals surface area contributed by atoms with Crippen LogP contribution in [-0.2, 0) is 0 Å². The molecule has 0 aromatic rings. The van der Waals surface area contributed by atoms with Crippen LogP contribution in [-0.4, -0.2) is 74.6 Å². The van der Waals surface area contributed by atoms with E-state index in [0.29, 0.717) is 0 Å². The minimum atomic E-state index is -5.36. The summed E-state index contributed by atoms with van der Waals surface area (Å²) in [6.45, 7) is 0. The predicted octanol–water partition coefficient (Wildman–Crippen LogP) is -8.26. The van der Waals surface area contributed by atoms with Gasteiger partial charge in [-0.15, -0.1) is 9.05 Å². The van der Waals surface area contributed by atoms with Crippen molar-refractivity contribution in [2.75, 3.05) is 0 Å². The van der Waals surface area contributed by atoms with E-state index in [1.54, 1.807) is 0 Å². The molecule has 0 amide bonds. The van der Waals surface area contributed by atoms with Crippen LogP contribution in [0.4, 0.5) is 0 Å². The van der Waals surface area contributed by atoms with Gasteiger partial charge in [-0.25, -0.2) is 0 Å². The average Bonchev–Trinajstić information content (AvgIpc) is 0.722. The first-order valence-electron chi connectivity index (χ1n) is 0.836. The number of rotatable bonds is 0. The first-order valence-corrected chi connectivity index (χ1v) is 2.51. The van der Waals surface area contributed by atoms with Crippen LogP contribution in [0.3, 0.4) is 0 Å². The summed E-state index contributed by atoms with van der Waals surface area (Å²) in [6.07, 6.45) is 0. The Bertz CT molecular complexity index is 31.5. The molecule has 0 aromatic heterocycles. The van der Waals surface area contributed by atoms with Gasteiger partial charge in [-0.05, 0) is 0 Å². The van der Waals surface area contributed by atoms with Crippen molar-refractivity contribution in [1.82, 2.24) is 0 Å². The van der Waals surface area contributed by atoms with Crippen LogP contribution in [0.25, 0.3) is 0 Å². The van der Waals surface area contributed by atoms with Crippen molar-refractivity contribution >= 4 is 69.8 Å². The SMILES string of the molecule is [Ca+2].[Cl-].[Mg+2].[O-][Si]([O-])([O-])O. The Kier molecular flexibility index (Phi) is 26.3. The number of hydrogen-bond donors (Lipinski definition) is 1. The smallest absolute Gasteiger partial charge is 1.00 e. The van der Waals surface area contributed by atoms with Gasteiger partial charge in [0.05, 0.1) is 0 Å². The zero-order valence-corrected chi connectivity index (χ0v) is 9.34. The Morgan fingerprint density at radius 3 is 1.12 bits per heavy atom. The van der Waals surface area contributed by atoms with E-state index in [4.69, 9.17) is 19.2 Å². The topological polar surface area (TPSA) is 89.4 Å². The van der Waals surface area contributed by atoms with E-state index in [1.807, 2.05) is 0 Å². The molecule has 0 aliphatic heterocycles. The summed E-state index contributed by atoms with van der Waals surface area (Å²) >= 11 is 0. The molecule has 0 heterocycles. The molecule has 0 saturated carbocycles. The minimum Gasteiger partial charge on any atom is -1.00 e. The molecule has 0 saturated heterocycles. The Morgan fingerprint density at radius 2 is 1.12 bits per heavy atom. The van der Waals surface area contributed by atoms with Crippen molar-refractivity contribution in [2.45, 2.75) is 0 Å². The molecule has 0 spiro atoms. The van der Waals surface area contributed by atoms with Crippen molar-refractivity contribution in [2.24, 2.45) is 0 Å². The second-order valence-electron chi connectivity index (χ2n) is 0.524. The standard InChI is InChI=1S/Ca.ClH.Mg.HO4Si/c;;;1-5(2,3)4/h;1H;;1H/q+2;;+2;-3/p-1. The van der Waals surface area contributed by atoms with Crippen LogP contribution < -0.4 is 26.8 Å². The van der Waals surface area contributed by atoms with E-state index in [0.717, 1.165) is 0 Å². The Morgan fingerprint density at radius 1 is 1.12 bits per heavy atom. The van der Waals surface area contributed by atoms with Gasteiger partial charge in [0, 0.05) is 0 Å². The molecule has 8 heteroatoms. The quantitative estimate of drug-likeness (QED) is 0.387. The molecule has 0 atom stereocenters. The number of hydrogen-bond acceptors (Lipinski definition) is 4. The van der Waals surface area contributed by atoms with Crippen molar-refractivity contribution in [3.63, 3.8) is 0 Å². The minimum absolute atomic E-state index is 0. The first-order chi connectivity index (χ1) is 2.00. The van der Waals surface area contributed by atoms with Gasteiger partial charge in [0.2, 0.25) is 0 Å². The van der Waals surface area contributed by atoms with Gasteiger partial charge >= 0.3 is 60.8 Å². The predicted molar refractivity (Wildman–Crippen MR) is 19.5 cm³/mol. The van der Waals surface area contributed by atoms with E-state index in [-0.39, 0.29) is 73.2 Å². The van der Waals surface area contributed by atoms with Gasteiger partial charge in [0.1, 0.15) is 0 Å². The van der Waals surface area contributed by atoms with Crippen molar-refractivity contribution in [3.8, 4) is 0 Å². The van der Waals surface area contributed by atoms with Crippen LogP contribution in [0.5, 0.6) is 0 Å². The van der Waals surface area contributed by atoms with E-state index in [9.17, 15) is 0 Å². The maximum atomic E-state index is 8.69. The molecule has 0 rings (SSSR count). The summed E-state index contributed by atoms with van der Waals surface area (Å²) in [5, 5.41) is 0. The molecule has 0 fully saturated rings. The third kappa shape index (κ3) is 80.8. The second-order valence-corrected chi connectivity index (χ2v) is 1.57. The van der Waals surface area contributed by atoms with Crippen LogP contribution in [0.1, 0.15) is 0 Å².